The van der Waals surface area contributed by atoms with E-state index in [0.717, 1.165) is 18.4 Å². The minimum Gasteiger partial charge on any atom is -0.508 e. The van der Waals surface area contributed by atoms with Gasteiger partial charge in [0.2, 0.25) is 5.91 Å². The van der Waals surface area contributed by atoms with Gasteiger partial charge in [0.1, 0.15) is 42.1 Å². The molecule has 0 saturated carbocycles. The van der Waals surface area contributed by atoms with Gasteiger partial charge >= 0.3 is 0 Å². The molecule has 12 heteroatoms. The molecule has 1 amide bonds. The van der Waals surface area contributed by atoms with Gasteiger partial charge in [-0.15, -0.1) is 11.3 Å². The topological polar surface area (TPSA) is 164 Å². The van der Waals surface area contributed by atoms with E-state index in [-0.39, 0.29) is 18.1 Å². The molecule has 53 heavy (non-hydrogen) atoms. The Hall–Kier alpha value is -4.53. The molecule has 5 aromatic rings. The molecule has 2 fully saturated rings. The number of aromatic hydroxyl groups is 1. The zero-order valence-corrected chi connectivity index (χ0v) is 29.5. The molecule has 0 spiro atoms. The lowest BCUT2D eigenvalue weighted by molar-refractivity contribution is -0.231. The van der Waals surface area contributed by atoms with Gasteiger partial charge in [-0.3, -0.25) is 9.78 Å². The van der Waals surface area contributed by atoms with Gasteiger partial charge in [-0.1, -0.05) is 54.6 Å². The number of aliphatic hydroxyl groups excluding tert-OH is 5. The molecule has 3 heterocycles. The largest absolute Gasteiger partial charge is 0.508 e. The summed E-state index contributed by atoms with van der Waals surface area (Å²) in [7, 11) is 0. The van der Waals surface area contributed by atoms with Crippen LogP contribution in [-0.4, -0.2) is 72.6 Å². The maximum Gasteiger partial charge on any atom is 0.233 e. The number of aliphatic hydroxyl groups is 5. The van der Waals surface area contributed by atoms with Crippen molar-refractivity contribution < 1.29 is 44.6 Å². The van der Waals surface area contributed by atoms with Crippen LogP contribution in [0.4, 0.5) is 10.1 Å². The van der Waals surface area contributed by atoms with Crippen molar-refractivity contribution in [2.75, 3.05) is 11.5 Å². The van der Waals surface area contributed by atoms with Crippen molar-refractivity contribution >= 4 is 22.9 Å². The summed E-state index contributed by atoms with van der Waals surface area (Å²) in [5.74, 6) is -1.11. The van der Waals surface area contributed by atoms with Crippen molar-refractivity contribution in [3.63, 3.8) is 0 Å². The molecule has 0 aliphatic carbocycles. The number of benzene rings is 4. The molecular formula is C41H41FN2O8S. The molecule has 4 aromatic carbocycles. The average Bonchev–Trinajstić information content (AvgIpc) is 3.70. The fourth-order valence-corrected chi connectivity index (χ4v) is 7.96. The zero-order chi connectivity index (χ0) is 37.2. The number of hydrogen-bond acceptors (Lipinski definition) is 10. The Kier molecular flexibility index (Phi) is 11.0. The number of halogens is 1. The minimum absolute atomic E-state index is 0.0338. The number of phenols is 1. The number of ether oxygens (including phenoxy) is 1. The van der Waals surface area contributed by atoms with Gasteiger partial charge in [-0.2, -0.15) is 0 Å². The minimum atomic E-state index is -1.52. The lowest BCUT2D eigenvalue weighted by Gasteiger charge is -2.48. The summed E-state index contributed by atoms with van der Waals surface area (Å²) < 4.78 is 19.3. The molecule has 1 aromatic heterocycles. The molecule has 0 unspecified atom stereocenters. The van der Waals surface area contributed by atoms with Crippen LogP contribution in [0.25, 0.3) is 11.1 Å². The Balaban J connectivity index is 1.14. The van der Waals surface area contributed by atoms with Gasteiger partial charge < -0.3 is 40.3 Å². The number of amides is 1. The number of rotatable bonds is 12. The number of phenolic OH excluding ortho intramolecular Hbond substituents is 1. The van der Waals surface area contributed by atoms with E-state index in [1.165, 1.54) is 29.1 Å². The molecule has 10 nitrogen and oxygen atoms in total. The maximum absolute atomic E-state index is 13.8. The van der Waals surface area contributed by atoms with Gasteiger partial charge in [-0.05, 0) is 89.9 Å². The van der Waals surface area contributed by atoms with Crippen molar-refractivity contribution in [2.45, 2.75) is 68.3 Å². The van der Waals surface area contributed by atoms with Crippen LogP contribution in [0.5, 0.6) is 5.75 Å². The Labute approximate surface area is 310 Å². The maximum atomic E-state index is 13.8. The molecule has 7 rings (SSSR count). The van der Waals surface area contributed by atoms with Crippen LogP contribution in [0.15, 0.2) is 103 Å². The van der Waals surface area contributed by atoms with Gasteiger partial charge in [0.15, 0.2) is 0 Å². The van der Waals surface area contributed by atoms with Crippen LogP contribution < -0.4 is 4.90 Å². The van der Waals surface area contributed by atoms with Gasteiger partial charge in [0.05, 0.1) is 30.2 Å². The van der Waals surface area contributed by atoms with Crippen LogP contribution in [0, 0.1) is 11.7 Å². The molecule has 2 aliphatic rings. The highest BCUT2D eigenvalue weighted by molar-refractivity contribution is 7.09. The Bertz CT molecular complexity index is 2010. The quantitative estimate of drug-likeness (QED) is 0.0948. The fourth-order valence-electron chi connectivity index (χ4n) is 7.36. The second kappa shape index (κ2) is 15.8. The first kappa shape index (κ1) is 36.8. The fraction of sp³-hybridized carbons (Fsp3) is 0.317. The number of aromatic nitrogens is 1. The number of nitrogens with zero attached hydrogens (tertiary/aromatic N) is 2. The zero-order valence-electron chi connectivity index (χ0n) is 28.6. The standard InChI is InChI=1S/C41H41FN2O8S/c42-28-10-7-24(8-11-28)33(46)17-16-32-36(44(41(32)51)29-12-4-23(5-13-29)6-14-30-20-43-22-53-30)31-15-9-26(19-34(31)47)25-2-1-3-27(18-25)40-39(50)38(49)37(48)35(21-45)52-40/h1-5,7-13,15,18-20,22,32-33,35-40,45-50H,6,14,16-17,21H2/t32-,33+,35-,36-,37-,38+,39+,40+/m1/s1. The molecule has 276 valence electrons. The second-order valence-electron chi connectivity index (χ2n) is 13.7. The van der Waals surface area contributed by atoms with Crippen molar-refractivity contribution in [3.8, 4) is 16.9 Å². The second-order valence-corrected chi connectivity index (χ2v) is 14.7. The summed E-state index contributed by atoms with van der Waals surface area (Å²) in [6.45, 7) is -0.541. The summed E-state index contributed by atoms with van der Waals surface area (Å²) in [5, 5.41) is 63.3. The predicted molar refractivity (Wildman–Crippen MR) is 197 cm³/mol. The highest BCUT2D eigenvalue weighted by Gasteiger charge is 2.49. The third kappa shape index (κ3) is 7.62. The summed E-state index contributed by atoms with van der Waals surface area (Å²) in [5.41, 5.74) is 6.53. The van der Waals surface area contributed by atoms with E-state index in [4.69, 9.17) is 4.74 Å². The third-order valence-corrected chi connectivity index (χ3v) is 11.2. The average molecular weight is 741 g/mol. The van der Waals surface area contributed by atoms with Crippen molar-refractivity contribution in [1.82, 2.24) is 4.98 Å². The Morgan fingerprint density at radius 1 is 0.887 bits per heavy atom. The number of thiazole rings is 1. The Morgan fingerprint density at radius 3 is 2.34 bits per heavy atom. The molecule has 2 aliphatic heterocycles. The monoisotopic (exact) mass is 740 g/mol. The number of carbonyl (C=O) groups excluding carboxylic acids is 1. The number of carbonyl (C=O) groups is 1. The number of β-lactam (4-membered cyclic amide) rings is 1. The van der Waals surface area contributed by atoms with Crippen LogP contribution in [0.3, 0.4) is 0 Å². The van der Waals surface area contributed by atoms with Crippen LogP contribution in [0.1, 0.15) is 58.2 Å². The normalized spacial score (nSPS) is 24.9. The van der Waals surface area contributed by atoms with Crippen molar-refractivity contribution in [2.24, 2.45) is 5.92 Å². The van der Waals surface area contributed by atoms with Crippen molar-refractivity contribution in [3.05, 3.63) is 136 Å². The van der Waals surface area contributed by atoms with Crippen molar-refractivity contribution in [1.29, 1.82) is 0 Å². The summed E-state index contributed by atoms with van der Waals surface area (Å²) >= 11 is 1.61. The number of hydrogen-bond donors (Lipinski definition) is 6. The number of anilines is 1. The van der Waals surface area contributed by atoms with E-state index in [1.54, 1.807) is 46.6 Å². The van der Waals surface area contributed by atoms with Gasteiger partial charge in [0.25, 0.3) is 0 Å². The predicted octanol–water partition coefficient (Wildman–Crippen LogP) is 5.17. The molecule has 2 saturated heterocycles. The van der Waals surface area contributed by atoms with Crippen LogP contribution >= 0.6 is 11.3 Å². The molecule has 8 atom stereocenters. The lowest BCUT2D eigenvalue weighted by Crippen LogP contribution is -2.55. The highest BCUT2D eigenvalue weighted by Crippen LogP contribution is 2.49. The number of aryl methyl sites for hydroxylation is 2. The first-order valence-corrected chi connectivity index (χ1v) is 18.5. The van der Waals surface area contributed by atoms with E-state index in [2.05, 4.69) is 4.98 Å². The Morgan fingerprint density at radius 2 is 1.64 bits per heavy atom. The van der Waals surface area contributed by atoms with Crippen LogP contribution in [-0.2, 0) is 22.4 Å². The smallest absolute Gasteiger partial charge is 0.233 e. The third-order valence-electron chi connectivity index (χ3n) is 10.4. The SMILES string of the molecule is O=C1[C@H](CC[C@H](O)c2ccc(F)cc2)[C@@H](c2ccc(-c3cccc([C@@H]4O[C@H](CO)[C@@H](O)[C@H](O)[C@@H]4O)c3)cc2O)N1c1ccc(CCc2cncs2)cc1. The first-order valence-electron chi connectivity index (χ1n) is 17.6. The van der Waals surface area contributed by atoms with E-state index >= 15 is 0 Å². The van der Waals surface area contributed by atoms with Gasteiger partial charge in [0, 0.05) is 22.3 Å². The summed E-state index contributed by atoms with van der Waals surface area (Å²) in [6.07, 6.45) is -3.27. The van der Waals surface area contributed by atoms with E-state index in [1.807, 2.05) is 48.1 Å². The lowest BCUT2D eigenvalue weighted by atomic mass is 9.77. The van der Waals surface area contributed by atoms with E-state index < -0.39 is 61.0 Å². The van der Waals surface area contributed by atoms with Crippen LogP contribution in [0.2, 0.25) is 0 Å². The van der Waals surface area contributed by atoms with E-state index in [0.29, 0.717) is 39.9 Å². The molecular weight excluding hydrogens is 700 g/mol. The molecule has 6 N–H and O–H groups in total. The van der Waals surface area contributed by atoms with Gasteiger partial charge in [-0.25, -0.2) is 4.39 Å². The summed E-state index contributed by atoms with van der Waals surface area (Å²) in [6, 6.07) is 25.1. The molecule has 0 bridgehead atoms. The summed E-state index contributed by atoms with van der Waals surface area (Å²) in [4.78, 5) is 20.8. The first-order chi connectivity index (χ1) is 25.6. The van der Waals surface area contributed by atoms with E-state index in [9.17, 15) is 39.8 Å². The highest BCUT2D eigenvalue weighted by atomic mass is 32.1. The molecule has 0 radical (unpaired) electrons.